The summed E-state index contributed by atoms with van der Waals surface area (Å²) in [6.45, 7) is 3.17. The van der Waals surface area contributed by atoms with Crippen LogP contribution in [-0.2, 0) is 16.4 Å². The molecule has 0 saturated carbocycles. The average molecular weight is 600 g/mol. The average Bonchev–Trinajstić information content (AvgIpc) is 3.32. The van der Waals surface area contributed by atoms with Gasteiger partial charge in [0, 0.05) is 18.2 Å². The van der Waals surface area contributed by atoms with Gasteiger partial charge < -0.3 is 21.3 Å². The molecule has 0 bridgehead atoms. The number of nitrogens with one attached hydrogen (secondary N) is 2. The molecular weight excluding hydrogens is 575 g/mol. The summed E-state index contributed by atoms with van der Waals surface area (Å²) >= 11 is 0. The van der Waals surface area contributed by atoms with Gasteiger partial charge in [-0.05, 0) is 43.7 Å². The van der Waals surface area contributed by atoms with Crippen LogP contribution in [0.4, 0.5) is 14.6 Å². The number of hydrogen-bond acceptors (Lipinski definition) is 8. The molecule has 4 aromatic rings. The van der Waals surface area contributed by atoms with Gasteiger partial charge in [-0.3, -0.25) is 5.41 Å². The smallest absolute Gasteiger partial charge is 0.189 e. The van der Waals surface area contributed by atoms with Gasteiger partial charge in [-0.15, -0.1) is 24.8 Å². The number of guanidine groups is 1. The lowest BCUT2D eigenvalue weighted by Crippen LogP contribution is -2.29. The summed E-state index contributed by atoms with van der Waals surface area (Å²) in [5, 5.41) is 12.8. The first kappa shape index (κ1) is 31.4. The molecule has 2 heterocycles. The summed E-state index contributed by atoms with van der Waals surface area (Å²) in [6.07, 6.45) is 1.41. The maximum atomic E-state index is 14.7. The van der Waals surface area contributed by atoms with Gasteiger partial charge in [0.25, 0.3) is 0 Å². The molecule has 15 heteroatoms. The molecule has 0 aliphatic carbocycles. The summed E-state index contributed by atoms with van der Waals surface area (Å²) in [5.74, 6) is -2.07. The van der Waals surface area contributed by atoms with Crippen LogP contribution in [0.25, 0.3) is 34.0 Å². The van der Waals surface area contributed by atoms with Crippen molar-refractivity contribution in [3.05, 3.63) is 65.9 Å². The second-order valence-corrected chi connectivity index (χ2v) is 10.9. The van der Waals surface area contributed by atoms with E-state index in [1.54, 1.807) is 26.0 Å². The summed E-state index contributed by atoms with van der Waals surface area (Å²) in [5.41, 5.74) is 11.9. The fourth-order valence-electron chi connectivity index (χ4n) is 3.48. The molecule has 0 unspecified atom stereocenters. The Kier molecular flexibility index (Phi) is 9.96. The molecule has 0 spiro atoms. The molecule has 39 heavy (non-hydrogen) atoms. The zero-order valence-electron chi connectivity index (χ0n) is 20.6. The van der Waals surface area contributed by atoms with E-state index in [2.05, 4.69) is 20.4 Å². The Morgan fingerprint density at radius 3 is 2.26 bits per heavy atom. The first-order chi connectivity index (χ1) is 17.5. The van der Waals surface area contributed by atoms with Gasteiger partial charge >= 0.3 is 0 Å². The van der Waals surface area contributed by atoms with Crippen molar-refractivity contribution in [1.82, 2.24) is 20.4 Å². The van der Waals surface area contributed by atoms with E-state index in [0.717, 1.165) is 12.1 Å². The molecule has 10 nitrogen and oxygen atoms in total. The molecule has 208 valence electrons. The Morgan fingerprint density at radius 1 is 1.08 bits per heavy atom. The van der Waals surface area contributed by atoms with E-state index < -0.39 is 32.3 Å². The van der Waals surface area contributed by atoms with E-state index in [9.17, 15) is 17.2 Å². The summed E-state index contributed by atoms with van der Waals surface area (Å²) in [4.78, 5) is 8.75. The molecule has 0 saturated heterocycles. The van der Waals surface area contributed by atoms with Crippen LogP contribution in [0.5, 0.6) is 0 Å². The van der Waals surface area contributed by atoms with Crippen LogP contribution in [0, 0.1) is 17.0 Å². The molecule has 6 N–H and O–H groups in total. The monoisotopic (exact) mass is 599 g/mol. The van der Waals surface area contributed by atoms with Gasteiger partial charge in [-0.2, -0.15) is 0 Å². The number of nitrogens with two attached hydrogens (primary N) is 2. The van der Waals surface area contributed by atoms with E-state index in [4.69, 9.17) is 21.4 Å². The van der Waals surface area contributed by atoms with Crippen molar-refractivity contribution in [2.45, 2.75) is 30.5 Å². The van der Waals surface area contributed by atoms with Crippen LogP contribution < -0.4 is 16.8 Å². The van der Waals surface area contributed by atoms with Crippen molar-refractivity contribution >= 4 is 46.4 Å². The normalized spacial score (nSPS) is 11.0. The second kappa shape index (κ2) is 12.4. The van der Waals surface area contributed by atoms with Crippen LogP contribution in [0.2, 0.25) is 0 Å². The predicted molar refractivity (Wildman–Crippen MR) is 148 cm³/mol. The molecule has 0 aliphatic heterocycles. The molecule has 0 fully saturated rings. The van der Waals surface area contributed by atoms with Crippen LogP contribution in [0.3, 0.4) is 0 Å². The number of anilines is 1. The quantitative estimate of drug-likeness (QED) is 0.178. The van der Waals surface area contributed by atoms with Gasteiger partial charge in [-0.1, -0.05) is 17.3 Å². The number of rotatable bonds is 7. The first-order valence-electron chi connectivity index (χ1n) is 11.0. The van der Waals surface area contributed by atoms with Crippen molar-refractivity contribution in [3.8, 4) is 34.0 Å². The first-order valence-corrected chi connectivity index (χ1v) is 12.5. The highest BCUT2D eigenvalue weighted by molar-refractivity contribution is 7.92. The Bertz CT molecular complexity index is 1570. The zero-order chi connectivity index (χ0) is 26.9. The second-order valence-electron chi connectivity index (χ2n) is 8.39. The number of hydrogen-bond donors (Lipinski definition) is 4. The van der Waals surface area contributed by atoms with Crippen molar-refractivity contribution in [2.75, 3.05) is 5.73 Å². The number of nitrogen functional groups attached to an aromatic ring is 1. The molecular formula is C24H25Cl2F2N7O3S. The van der Waals surface area contributed by atoms with Gasteiger partial charge in [-0.25, -0.2) is 27.2 Å². The van der Waals surface area contributed by atoms with Gasteiger partial charge in [0.15, 0.2) is 33.1 Å². The number of sulfone groups is 1. The lowest BCUT2D eigenvalue weighted by molar-refractivity contribution is 0.432. The third-order valence-corrected chi connectivity index (χ3v) is 7.65. The summed E-state index contributed by atoms with van der Waals surface area (Å²) in [7, 11) is -3.43. The highest BCUT2D eigenvalue weighted by atomic mass is 35.5. The van der Waals surface area contributed by atoms with Crippen LogP contribution in [-0.4, -0.2) is 34.8 Å². The van der Waals surface area contributed by atoms with Gasteiger partial charge in [0.1, 0.15) is 17.3 Å². The molecule has 0 aliphatic rings. The van der Waals surface area contributed by atoms with E-state index in [1.165, 1.54) is 24.4 Å². The molecule has 0 radical (unpaired) electrons. The van der Waals surface area contributed by atoms with Crippen LogP contribution in [0.1, 0.15) is 19.4 Å². The van der Waals surface area contributed by atoms with E-state index in [-0.39, 0.29) is 70.7 Å². The Hall–Kier alpha value is -3.81. The number of halogens is 4. The van der Waals surface area contributed by atoms with E-state index in [0.29, 0.717) is 11.3 Å². The molecule has 0 amide bonds. The zero-order valence-corrected chi connectivity index (χ0v) is 23.1. The SMILES string of the molecule is CC(C)S(=O)(=O)c1ccc(-c2cnc(N)c(-c3cc(-c4c(F)cc(CNC(=N)N)cc4F)no3)n2)cc1.Cl.Cl. The van der Waals surface area contributed by atoms with E-state index in [1.807, 2.05) is 0 Å². The standard InChI is InChI=1S/C24H23F2N7O3S.2ClH/c1-12(2)37(34,35)15-5-3-14(4-6-15)19-11-30-23(27)22(32-19)20-9-18(33-36-20)21-16(25)7-13(8-17(21)26)10-31-24(28)29;;/h3-9,11-12H,10H2,1-2H3,(H2,27,30)(H4,28,29,31);2*1H. The van der Waals surface area contributed by atoms with Crippen molar-refractivity contribution < 1.29 is 21.7 Å². The molecule has 0 atom stereocenters. The van der Waals surface area contributed by atoms with Gasteiger partial charge in [0.05, 0.1) is 27.6 Å². The lowest BCUT2D eigenvalue weighted by atomic mass is 10.1. The Morgan fingerprint density at radius 2 is 1.69 bits per heavy atom. The molecule has 2 aromatic carbocycles. The maximum absolute atomic E-state index is 14.7. The fourth-order valence-corrected chi connectivity index (χ4v) is 4.54. The van der Waals surface area contributed by atoms with Crippen LogP contribution in [0.15, 0.2) is 58.1 Å². The minimum Gasteiger partial charge on any atom is -0.382 e. The topological polar surface area (TPSA) is 174 Å². The molecule has 4 rings (SSSR count). The summed E-state index contributed by atoms with van der Waals surface area (Å²) < 4.78 is 59.5. The third kappa shape index (κ3) is 6.61. The number of aromatic nitrogens is 3. The minimum absolute atomic E-state index is 0. The predicted octanol–water partition coefficient (Wildman–Crippen LogP) is 4.33. The third-order valence-electron chi connectivity index (χ3n) is 5.48. The minimum atomic E-state index is -3.43. The fraction of sp³-hybridized carbons (Fsp3) is 0.167. The van der Waals surface area contributed by atoms with Crippen molar-refractivity contribution in [3.63, 3.8) is 0 Å². The summed E-state index contributed by atoms with van der Waals surface area (Å²) in [6, 6.07) is 9.64. The van der Waals surface area contributed by atoms with Crippen molar-refractivity contribution in [1.29, 1.82) is 5.41 Å². The van der Waals surface area contributed by atoms with Crippen molar-refractivity contribution in [2.24, 2.45) is 5.73 Å². The largest absolute Gasteiger partial charge is 0.382 e. The van der Waals surface area contributed by atoms with Gasteiger partial charge in [0.2, 0.25) is 0 Å². The maximum Gasteiger partial charge on any atom is 0.189 e. The Balaban J connectivity index is 0.00000267. The highest BCUT2D eigenvalue weighted by Gasteiger charge is 2.22. The molecule has 2 aromatic heterocycles. The van der Waals surface area contributed by atoms with E-state index >= 15 is 0 Å². The number of nitrogens with zero attached hydrogens (tertiary/aromatic N) is 3. The van der Waals surface area contributed by atoms with Crippen LogP contribution >= 0.6 is 24.8 Å². The number of benzene rings is 2. The highest BCUT2D eigenvalue weighted by Crippen LogP contribution is 2.32. The lowest BCUT2D eigenvalue weighted by Gasteiger charge is -2.09. The Labute approximate surface area is 235 Å².